The number of aliphatic carboxylic acids is 1. The molecule has 152 valence electrons. The van der Waals surface area contributed by atoms with E-state index in [1.807, 2.05) is 13.0 Å². The highest BCUT2D eigenvalue weighted by molar-refractivity contribution is 5.98. The van der Waals surface area contributed by atoms with E-state index in [2.05, 4.69) is 9.97 Å². The second-order valence-electron chi connectivity index (χ2n) is 6.26. The van der Waals surface area contributed by atoms with Crippen molar-refractivity contribution in [1.82, 2.24) is 9.97 Å². The largest absolute Gasteiger partial charge is 0.493 e. The van der Waals surface area contributed by atoms with Gasteiger partial charge in [0.1, 0.15) is 12.2 Å². The average Bonchev–Trinajstić information content (AvgIpc) is 2.71. The zero-order chi connectivity index (χ0) is 21.1. The molecule has 8 nitrogen and oxygen atoms in total. The van der Waals surface area contributed by atoms with Crippen LogP contribution in [0.3, 0.4) is 0 Å². The van der Waals surface area contributed by atoms with Gasteiger partial charge in [-0.25, -0.2) is 9.97 Å². The van der Waals surface area contributed by atoms with Gasteiger partial charge in [0.05, 0.1) is 39.6 Å². The van der Waals surface area contributed by atoms with Crippen molar-refractivity contribution in [3.8, 4) is 34.3 Å². The molecule has 0 aliphatic heterocycles. The van der Waals surface area contributed by atoms with Crippen LogP contribution in [-0.2, 0) is 11.2 Å². The van der Waals surface area contributed by atoms with Gasteiger partial charge in [0.25, 0.3) is 0 Å². The number of ether oxygens (including phenoxy) is 4. The summed E-state index contributed by atoms with van der Waals surface area (Å²) in [6.07, 6.45) is -0.302. The van der Waals surface area contributed by atoms with E-state index in [0.29, 0.717) is 34.2 Å². The maximum absolute atomic E-state index is 11.3. The van der Waals surface area contributed by atoms with Gasteiger partial charge in [-0.3, -0.25) is 4.79 Å². The summed E-state index contributed by atoms with van der Waals surface area (Å²) in [6, 6.07) is 7.12. The molecule has 1 heterocycles. The zero-order valence-electron chi connectivity index (χ0n) is 16.9. The summed E-state index contributed by atoms with van der Waals surface area (Å²) in [7, 11) is 6.21. The van der Waals surface area contributed by atoms with Gasteiger partial charge in [-0.2, -0.15) is 0 Å². The summed E-state index contributed by atoms with van der Waals surface area (Å²) < 4.78 is 21.7. The lowest BCUT2D eigenvalue weighted by Gasteiger charge is -2.17. The molecule has 8 heteroatoms. The minimum Gasteiger partial charge on any atom is -0.493 e. The predicted octanol–water partition coefficient (Wildman–Crippen LogP) is 3.27. The molecule has 0 bridgehead atoms. The van der Waals surface area contributed by atoms with E-state index in [1.54, 1.807) is 39.5 Å². The fourth-order valence-electron chi connectivity index (χ4n) is 3.30. The minimum absolute atomic E-state index is 0.196. The fourth-order valence-corrected chi connectivity index (χ4v) is 3.30. The molecule has 3 aromatic rings. The highest BCUT2D eigenvalue weighted by atomic mass is 16.5. The number of carboxylic acid groups (broad SMARTS) is 1. The van der Waals surface area contributed by atoms with Crippen molar-refractivity contribution in [2.45, 2.75) is 13.3 Å². The molecule has 3 rings (SSSR count). The standard InChI is InChI=1S/C21H22N2O6/c1-11-19-13(9-16(28-4)21(11)29-5)22-17(10-18(24)25)23-20(19)12-6-7-14(26-2)15(8-12)27-3/h6-9H,10H2,1-5H3,(H,24,25). The Kier molecular flexibility index (Phi) is 5.72. The van der Waals surface area contributed by atoms with Gasteiger partial charge in [-0.05, 0) is 25.1 Å². The van der Waals surface area contributed by atoms with Crippen LogP contribution in [0.15, 0.2) is 24.3 Å². The Labute approximate surface area is 168 Å². The SMILES string of the molecule is COc1ccc(-c2nc(CC(=O)O)nc3cc(OC)c(OC)c(C)c23)cc1OC. The fraction of sp³-hybridized carbons (Fsp3) is 0.286. The van der Waals surface area contributed by atoms with E-state index in [0.717, 1.165) is 16.5 Å². The molecule has 0 saturated heterocycles. The summed E-state index contributed by atoms with van der Waals surface area (Å²) in [5.74, 6) is 1.37. The monoisotopic (exact) mass is 398 g/mol. The number of benzene rings is 2. The molecule has 1 N–H and O–H groups in total. The Balaban J connectivity index is 2.38. The van der Waals surface area contributed by atoms with Gasteiger partial charge in [-0.1, -0.05) is 0 Å². The number of aromatic nitrogens is 2. The van der Waals surface area contributed by atoms with Crippen molar-refractivity contribution in [2.75, 3.05) is 28.4 Å². The molecule has 1 aromatic heterocycles. The number of hydrogen-bond acceptors (Lipinski definition) is 7. The summed E-state index contributed by atoms with van der Waals surface area (Å²) in [4.78, 5) is 20.3. The van der Waals surface area contributed by atoms with Crippen LogP contribution in [0.25, 0.3) is 22.2 Å². The van der Waals surface area contributed by atoms with Gasteiger partial charge in [0.15, 0.2) is 23.0 Å². The van der Waals surface area contributed by atoms with Gasteiger partial charge in [-0.15, -0.1) is 0 Å². The van der Waals surface area contributed by atoms with Gasteiger partial charge < -0.3 is 24.1 Å². The third-order valence-corrected chi connectivity index (χ3v) is 4.58. The number of carboxylic acids is 1. The van der Waals surface area contributed by atoms with Crippen LogP contribution in [0.4, 0.5) is 0 Å². The summed E-state index contributed by atoms with van der Waals surface area (Å²) in [6.45, 7) is 1.88. The molecular weight excluding hydrogens is 376 g/mol. The molecular formula is C21H22N2O6. The molecule has 0 radical (unpaired) electrons. The molecule has 0 aliphatic rings. The summed E-state index contributed by atoms with van der Waals surface area (Å²) in [5.41, 5.74) is 2.66. The van der Waals surface area contributed by atoms with Crippen molar-refractivity contribution >= 4 is 16.9 Å². The Hall–Kier alpha value is -3.55. The lowest BCUT2D eigenvalue weighted by atomic mass is 10.0. The molecule has 0 unspecified atom stereocenters. The Morgan fingerprint density at radius 1 is 0.931 bits per heavy atom. The van der Waals surface area contributed by atoms with Crippen LogP contribution in [0.1, 0.15) is 11.4 Å². The van der Waals surface area contributed by atoms with Crippen molar-refractivity contribution < 1.29 is 28.8 Å². The molecule has 0 fully saturated rings. The van der Waals surface area contributed by atoms with Crippen molar-refractivity contribution in [3.63, 3.8) is 0 Å². The minimum atomic E-state index is -1.01. The number of methoxy groups -OCH3 is 4. The van der Waals surface area contributed by atoms with Crippen molar-refractivity contribution in [1.29, 1.82) is 0 Å². The number of aryl methyl sites for hydroxylation is 1. The Morgan fingerprint density at radius 3 is 2.21 bits per heavy atom. The van der Waals surface area contributed by atoms with Crippen LogP contribution in [0.5, 0.6) is 23.0 Å². The number of fused-ring (bicyclic) bond motifs is 1. The molecule has 29 heavy (non-hydrogen) atoms. The molecule has 0 amide bonds. The van der Waals surface area contributed by atoms with Crippen molar-refractivity contribution in [3.05, 3.63) is 35.7 Å². The number of hydrogen-bond donors (Lipinski definition) is 1. The molecule has 2 aromatic carbocycles. The summed E-state index contributed by atoms with van der Waals surface area (Å²) >= 11 is 0. The molecule has 0 saturated carbocycles. The van der Waals surface area contributed by atoms with Crippen LogP contribution in [-0.4, -0.2) is 49.5 Å². The van der Waals surface area contributed by atoms with Crippen LogP contribution >= 0.6 is 0 Å². The number of nitrogens with zero attached hydrogens (tertiary/aromatic N) is 2. The first kappa shape index (κ1) is 20.2. The van der Waals surface area contributed by atoms with Crippen molar-refractivity contribution in [2.24, 2.45) is 0 Å². The average molecular weight is 398 g/mol. The first-order valence-electron chi connectivity index (χ1n) is 8.79. The number of carbonyl (C=O) groups is 1. The van der Waals surface area contributed by atoms with E-state index in [9.17, 15) is 9.90 Å². The van der Waals surface area contributed by atoms with E-state index < -0.39 is 5.97 Å². The smallest absolute Gasteiger partial charge is 0.311 e. The molecule has 0 spiro atoms. The number of rotatable bonds is 7. The van der Waals surface area contributed by atoms with Gasteiger partial charge in [0.2, 0.25) is 0 Å². The maximum Gasteiger partial charge on any atom is 0.311 e. The Bertz CT molecular complexity index is 1080. The topological polar surface area (TPSA) is 100 Å². The molecule has 0 atom stereocenters. The van der Waals surface area contributed by atoms with E-state index in [-0.39, 0.29) is 12.2 Å². The third kappa shape index (κ3) is 3.73. The molecule has 0 aliphatic carbocycles. The van der Waals surface area contributed by atoms with Gasteiger partial charge in [0, 0.05) is 22.6 Å². The maximum atomic E-state index is 11.3. The lowest BCUT2D eigenvalue weighted by Crippen LogP contribution is -2.07. The highest BCUT2D eigenvalue weighted by Crippen LogP contribution is 2.41. The first-order valence-corrected chi connectivity index (χ1v) is 8.79. The quantitative estimate of drug-likeness (QED) is 0.647. The third-order valence-electron chi connectivity index (χ3n) is 4.58. The Morgan fingerprint density at radius 2 is 1.62 bits per heavy atom. The first-order chi connectivity index (χ1) is 13.9. The second-order valence-corrected chi connectivity index (χ2v) is 6.26. The lowest BCUT2D eigenvalue weighted by molar-refractivity contribution is -0.136. The van der Waals surface area contributed by atoms with E-state index >= 15 is 0 Å². The van der Waals surface area contributed by atoms with Crippen LogP contribution in [0, 0.1) is 6.92 Å². The zero-order valence-corrected chi connectivity index (χ0v) is 16.9. The van der Waals surface area contributed by atoms with Crippen LogP contribution in [0.2, 0.25) is 0 Å². The normalized spacial score (nSPS) is 10.7. The van der Waals surface area contributed by atoms with E-state index in [1.165, 1.54) is 7.11 Å². The van der Waals surface area contributed by atoms with Crippen LogP contribution < -0.4 is 18.9 Å². The van der Waals surface area contributed by atoms with E-state index in [4.69, 9.17) is 18.9 Å². The summed E-state index contributed by atoms with van der Waals surface area (Å²) in [5, 5.41) is 9.97. The van der Waals surface area contributed by atoms with Gasteiger partial charge >= 0.3 is 5.97 Å². The predicted molar refractivity (Wildman–Crippen MR) is 107 cm³/mol. The highest BCUT2D eigenvalue weighted by Gasteiger charge is 2.20. The second kappa shape index (κ2) is 8.22.